The Balaban J connectivity index is 2.22. The standard InChI is InChI=1S/C13H14N2O5/c1-19-12(17)8-3-10(6-14-5-8)15-7-9(4-11(15)16)13(18)20-2/h3,5-6,9H,4,7H2,1-2H3. The highest BCUT2D eigenvalue weighted by molar-refractivity contribution is 6.00. The van der Waals surface area contributed by atoms with Gasteiger partial charge in [0.2, 0.25) is 5.91 Å². The molecule has 2 heterocycles. The predicted molar refractivity (Wildman–Crippen MR) is 68.1 cm³/mol. The van der Waals surface area contributed by atoms with E-state index in [0.717, 1.165) is 0 Å². The minimum Gasteiger partial charge on any atom is -0.469 e. The second kappa shape index (κ2) is 5.68. The molecule has 1 aliphatic rings. The predicted octanol–water partition coefficient (Wildman–Crippen LogP) is 0.394. The Kier molecular flexibility index (Phi) is 3.97. The minimum absolute atomic E-state index is 0.0924. The molecular weight excluding hydrogens is 264 g/mol. The molecule has 0 saturated carbocycles. The fourth-order valence-corrected chi connectivity index (χ4v) is 2.09. The van der Waals surface area contributed by atoms with E-state index in [0.29, 0.717) is 5.69 Å². The third-order valence-corrected chi connectivity index (χ3v) is 3.12. The zero-order chi connectivity index (χ0) is 14.7. The Labute approximate surface area is 115 Å². The Bertz CT molecular complexity index is 557. The summed E-state index contributed by atoms with van der Waals surface area (Å²) < 4.78 is 9.24. The molecule has 1 saturated heterocycles. The van der Waals surface area contributed by atoms with E-state index in [1.165, 1.54) is 37.6 Å². The number of ether oxygens (including phenoxy) is 2. The van der Waals surface area contributed by atoms with Gasteiger partial charge < -0.3 is 14.4 Å². The first-order valence-electron chi connectivity index (χ1n) is 5.98. The topological polar surface area (TPSA) is 85.8 Å². The van der Waals surface area contributed by atoms with Crippen LogP contribution in [0.15, 0.2) is 18.5 Å². The fourth-order valence-electron chi connectivity index (χ4n) is 2.09. The maximum atomic E-state index is 11.9. The summed E-state index contributed by atoms with van der Waals surface area (Å²) in [6.45, 7) is 0.220. The zero-order valence-corrected chi connectivity index (χ0v) is 11.2. The van der Waals surface area contributed by atoms with E-state index < -0.39 is 17.9 Å². The van der Waals surface area contributed by atoms with Crippen LogP contribution in [0.2, 0.25) is 0 Å². The molecule has 0 radical (unpaired) electrons. The van der Waals surface area contributed by atoms with Crippen LogP contribution < -0.4 is 4.90 Å². The Morgan fingerprint density at radius 2 is 2.05 bits per heavy atom. The van der Waals surface area contributed by atoms with E-state index in [1.54, 1.807) is 0 Å². The number of hydrogen-bond donors (Lipinski definition) is 0. The molecule has 2 rings (SSSR count). The van der Waals surface area contributed by atoms with Gasteiger partial charge in [0, 0.05) is 19.2 Å². The molecule has 1 amide bonds. The van der Waals surface area contributed by atoms with E-state index in [2.05, 4.69) is 14.5 Å². The van der Waals surface area contributed by atoms with Crippen LogP contribution in [0.25, 0.3) is 0 Å². The number of aromatic nitrogens is 1. The molecule has 0 N–H and O–H groups in total. The largest absolute Gasteiger partial charge is 0.469 e. The van der Waals surface area contributed by atoms with Gasteiger partial charge in [0.1, 0.15) is 0 Å². The molecule has 0 aliphatic carbocycles. The summed E-state index contributed by atoms with van der Waals surface area (Å²) in [5, 5.41) is 0. The summed E-state index contributed by atoms with van der Waals surface area (Å²) in [5.41, 5.74) is 0.712. The maximum absolute atomic E-state index is 11.9. The van der Waals surface area contributed by atoms with E-state index in [-0.39, 0.29) is 24.4 Å². The summed E-state index contributed by atoms with van der Waals surface area (Å²) in [7, 11) is 2.55. The third kappa shape index (κ3) is 2.61. The van der Waals surface area contributed by atoms with Crippen LogP contribution in [0.5, 0.6) is 0 Å². The second-order valence-corrected chi connectivity index (χ2v) is 4.35. The molecule has 0 spiro atoms. The van der Waals surface area contributed by atoms with Gasteiger partial charge >= 0.3 is 11.9 Å². The molecule has 1 aliphatic heterocycles. The first-order chi connectivity index (χ1) is 9.56. The Hall–Kier alpha value is -2.44. The van der Waals surface area contributed by atoms with Crippen LogP contribution in [0, 0.1) is 5.92 Å². The average molecular weight is 278 g/mol. The number of esters is 2. The van der Waals surface area contributed by atoms with Crippen molar-refractivity contribution in [3.63, 3.8) is 0 Å². The summed E-state index contributed by atoms with van der Waals surface area (Å²) in [6.07, 6.45) is 2.91. The number of pyridine rings is 1. The number of hydrogen-bond acceptors (Lipinski definition) is 6. The van der Waals surface area contributed by atoms with Crippen LogP contribution in [-0.2, 0) is 19.1 Å². The molecular formula is C13H14N2O5. The lowest BCUT2D eigenvalue weighted by Gasteiger charge is -2.16. The molecule has 7 nitrogen and oxygen atoms in total. The summed E-state index contributed by atoms with van der Waals surface area (Å²) >= 11 is 0. The molecule has 1 fully saturated rings. The van der Waals surface area contributed by atoms with Crippen LogP contribution >= 0.6 is 0 Å². The van der Waals surface area contributed by atoms with Crippen molar-refractivity contribution in [2.75, 3.05) is 25.7 Å². The zero-order valence-electron chi connectivity index (χ0n) is 11.2. The third-order valence-electron chi connectivity index (χ3n) is 3.12. The molecule has 1 aromatic heterocycles. The van der Waals surface area contributed by atoms with E-state index in [4.69, 9.17) is 0 Å². The van der Waals surface area contributed by atoms with Crippen LogP contribution in [0.4, 0.5) is 5.69 Å². The smallest absolute Gasteiger partial charge is 0.339 e. The van der Waals surface area contributed by atoms with E-state index in [9.17, 15) is 14.4 Å². The van der Waals surface area contributed by atoms with Gasteiger partial charge in [-0.3, -0.25) is 14.6 Å². The van der Waals surface area contributed by atoms with Crippen LogP contribution in [0.1, 0.15) is 16.8 Å². The second-order valence-electron chi connectivity index (χ2n) is 4.35. The number of carbonyl (C=O) groups is 3. The lowest BCUT2D eigenvalue weighted by atomic mass is 10.1. The molecule has 20 heavy (non-hydrogen) atoms. The molecule has 0 aromatic carbocycles. The van der Waals surface area contributed by atoms with Crippen LogP contribution in [0.3, 0.4) is 0 Å². The molecule has 7 heteroatoms. The number of carbonyl (C=O) groups excluding carboxylic acids is 3. The van der Waals surface area contributed by atoms with Crippen molar-refractivity contribution in [3.05, 3.63) is 24.0 Å². The van der Waals surface area contributed by atoms with Gasteiger partial charge in [-0.2, -0.15) is 0 Å². The quantitative estimate of drug-likeness (QED) is 0.744. The first kappa shape index (κ1) is 14.0. The van der Waals surface area contributed by atoms with Crippen molar-refractivity contribution in [1.82, 2.24) is 4.98 Å². The van der Waals surface area contributed by atoms with Gasteiger partial charge in [-0.05, 0) is 6.07 Å². The molecule has 106 valence electrons. The highest BCUT2D eigenvalue weighted by atomic mass is 16.5. The van der Waals surface area contributed by atoms with Crippen molar-refractivity contribution in [2.45, 2.75) is 6.42 Å². The minimum atomic E-state index is -0.532. The average Bonchev–Trinajstić information content (AvgIpc) is 2.87. The number of methoxy groups -OCH3 is 2. The van der Waals surface area contributed by atoms with Gasteiger partial charge in [-0.1, -0.05) is 0 Å². The monoisotopic (exact) mass is 278 g/mol. The maximum Gasteiger partial charge on any atom is 0.339 e. The molecule has 1 atom stereocenters. The van der Waals surface area contributed by atoms with Gasteiger partial charge in [0.25, 0.3) is 0 Å². The van der Waals surface area contributed by atoms with Gasteiger partial charge in [0.15, 0.2) is 0 Å². The van der Waals surface area contributed by atoms with E-state index >= 15 is 0 Å². The lowest BCUT2D eigenvalue weighted by molar-refractivity contribution is -0.145. The van der Waals surface area contributed by atoms with Gasteiger partial charge in [-0.25, -0.2) is 4.79 Å². The first-order valence-corrected chi connectivity index (χ1v) is 5.98. The highest BCUT2D eigenvalue weighted by Crippen LogP contribution is 2.25. The highest BCUT2D eigenvalue weighted by Gasteiger charge is 2.36. The van der Waals surface area contributed by atoms with Crippen molar-refractivity contribution in [1.29, 1.82) is 0 Å². The van der Waals surface area contributed by atoms with E-state index in [1.807, 2.05) is 0 Å². The Morgan fingerprint density at radius 1 is 1.30 bits per heavy atom. The fraction of sp³-hybridized carbons (Fsp3) is 0.385. The lowest BCUT2D eigenvalue weighted by Crippen LogP contribution is -2.26. The van der Waals surface area contributed by atoms with Gasteiger partial charge in [0.05, 0.1) is 37.6 Å². The van der Waals surface area contributed by atoms with Gasteiger partial charge in [-0.15, -0.1) is 0 Å². The number of amides is 1. The Morgan fingerprint density at radius 3 is 2.70 bits per heavy atom. The summed E-state index contributed by atoms with van der Waals surface area (Å²) in [6, 6.07) is 1.51. The molecule has 0 bridgehead atoms. The van der Waals surface area contributed by atoms with Crippen molar-refractivity contribution < 1.29 is 23.9 Å². The molecule has 1 unspecified atom stereocenters. The molecule has 1 aromatic rings. The number of anilines is 1. The van der Waals surface area contributed by atoms with Crippen molar-refractivity contribution >= 4 is 23.5 Å². The number of nitrogens with zero attached hydrogens (tertiary/aromatic N) is 2. The number of rotatable bonds is 3. The summed E-state index contributed by atoms with van der Waals surface area (Å²) in [4.78, 5) is 40.2. The van der Waals surface area contributed by atoms with Crippen molar-refractivity contribution in [3.8, 4) is 0 Å². The normalized spacial score (nSPS) is 18.0. The van der Waals surface area contributed by atoms with Crippen molar-refractivity contribution in [2.24, 2.45) is 5.92 Å². The van der Waals surface area contributed by atoms with Crippen LogP contribution in [-0.4, -0.2) is 43.6 Å². The summed E-state index contributed by atoms with van der Waals surface area (Å²) in [5.74, 6) is -1.65. The SMILES string of the molecule is COC(=O)c1cncc(N2CC(C(=O)OC)CC2=O)c1.